The van der Waals surface area contributed by atoms with E-state index in [0.29, 0.717) is 31.3 Å². The highest BCUT2D eigenvalue weighted by Gasteiger charge is 2.33. The third-order valence-corrected chi connectivity index (χ3v) is 4.98. The molecule has 9 heteroatoms. The number of carbonyl (C=O) groups is 1. The summed E-state index contributed by atoms with van der Waals surface area (Å²) >= 11 is 0. The van der Waals surface area contributed by atoms with Crippen molar-refractivity contribution in [2.45, 2.75) is 38.9 Å². The van der Waals surface area contributed by atoms with Crippen LogP contribution in [0.5, 0.6) is 11.5 Å². The molecule has 2 aromatic rings. The van der Waals surface area contributed by atoms with Crippen LogP contribution in [0.15, 0.2) is 22.7 Å². The fourth-order valence-electron chi connectivity index (χ4n) is 3.13. The Kier molecular flexibility index (Phi) is 4.84. The summed E-state index contributed by atoms with van der Waals surface area (Å²) in [6.45, 7) is 8.03. The molecule has 4 rings (SSSR count). The number of urea groups is 1. The highest BCUT2D eigenvalue weighted by atomic mass is 16.7. The maximum absolute atomic E-state index is 12.4. The number of rotatable bonds is 6. The summed E-state index contributed by atoms with van der Waals surface area (Å²) in [5.74, 6) is 2.53. The van der Waals surface area contributed by atoms with E-state index in [-0.39, 0.29) is 30.9 Å². The fourth-order valence-corrected chi connectivity index (χ4v) is 3.13. The number of aromatic nitrogens is 2. The van der Waals surface area contributed by atoms with E-state index in [9.17, 15) is 4.79 Å². The molecule has 1 saturated heterocycles. The Morgan fingerprint density at radius 3 is 2.86 bits per heavy atom. The Morgan fingerprint density at radius 1 is 1.32 bits per heavy atom. The van der Waals surface area contributed by atoms with Crippen molar-refractivity contribution in [1.29, 1.82) is 0 Å². The lowest BCUT2D eigenvalue weighted by Crippen LogP contribution is -2.58. The standard InChI is InChI=1S/C19H24N4O5/c1-12-21-17(28-22-12)9-25-14-7-23(8-14)18(24)20-10-19(2,3)13-4-5-15-16(6-13)27-11-26-15/h4-6,14H,7-11H2,1-3H3,(H,20,24). The van der Waals surface area contributed by atoms with E-state index >= 15 is 0 Å². The van der Waals surface area contributed by atoms with Crippen molar-refractivity contribution in [3.63, 3.8) is 0 Å². The zero-order valence-corrected chi connectivity index (χ0v) is 16.2. The number of nitrogens with zero attached hydrogens (tertiary/aromatic N) is 3. The Bertz CT molecular complexity index is 860. The molecule has 0 radical (unpaired) electrons. The van der Waals surface area contributed by atoms with Crippen molar-refractivity contribution in [3.8, 4) is 11.5 Å². The molecule has 3 heterocycles. The molecule has 0 saturated carbocycles. The van der Waals surface area contributed by atoms with Gasteiger partial charge >= 0.3 is 6.03 Å². The molecule has 28 heavy (non-hydrogen) atoms. The summed E-state index contributed by atoms with van der Waals surface area (Å²) < 4.78 is 21.5. The lowest BCUT2D eigenvalue weighted by Gasteiger charge is -2.39. The van der Waals surface area contributed by atoms with Gasteiger partial charge in [0.25, 0.3) is 5.89 Å². The van der Waals surface area contributed by atoms with Crippen LogP contribution in [0.1, 0.15) is 31.1 Å². The van der Waals surface area contributed by atoms with Crippen LogP contribution < -0.4 is 14.8 Å². The first-order valence-corrected chi connectivity index (χ1v) is 9.24. The summed E-state index contributed by atoms with van der Waals surface area (Å²) in [7, 11) is 0. The lowest BCUT2D eigenvalue weighted by atomic mass is 9.84. The normalized spacial score (nSPS) is 16.2. The molecule has 2 amide bonds. The Balaban J connectivity index is 1.22. The van der Waals surface area contributed by atoms with Gasteiger partial charge in [-0.15, -0.1) is 0 Å². The second-order valence-corrected chi connectivity index (χ2v) is 7.68. The van der Waals surface area contributed by atoms with Gasteiger partial charge in [0.15, 0.2) is 17.3 Å². The Morgan fingerprint density at radius 2 is 2.11 bits per heavy atom. The molecule has 2 aliphatic rings. The van der Waals surface area contributed by atoms with Gasteiger partial charge in [-0.3, -0.25) is 0 Å². The number of aryl methyl sites for hydroxylation is 1. The number of nitrogens with one attached hydrogen (secondary N) is 1. The molecule has 9 nitrogen and oxygen atoms in total. The monoisotopic (exact) mass is 388 g/mol. The lowest BCUT2D eigenvalue weighted by molar-refractivity contribution is -0.0516. The summed E-state index contributed by atoms with van der Waals surface area (Å²) in [5, 5.41) is 6.72. The van der Waals surface area contributed by atoms with E-state index in [0.717, 1.165) is 17.1 Å². The molecule has 150 valence electrons. The molecule has 0 bridgehead atoms. The van der Waals surface area contributed by atoms with Crippen LogP contribution in [0, 0.1) is 6.92 Å². The number of carbonyl (C=O) groups excluding carboxylic acids is 1. The first-order chi connectivity index (χ1) is 13.4. The first kappa shape index (κ1) is 18.5. The fraction of sp³-hybridized carbons (Fsp3) is 0.526. The van der Waals surface area contributed by atoms with Crippen LogP contribution in [-0.2, 0) is 16.8 Å². The smallest absolute Gasteiger partial charge is 0.317 e. The minimum absolute atomic E-state index is 0.0140. The first-order valence-electron chi connectivity index (χ1n) is 9.24. The number of hydrogen-bond donors (Lipinski definition) is 1. The van der Waals surface area contributed by atoms with Gasteiger partial charge in [0.1, 0.15) is 6.61 Å². The van der Waals surface area contributed by atoms with Crippen LogP contribution in [0.4, 0.5) is 4.79 Å². The van der Waals surface area contributed by atoms with Gasteiger partial charge in [0.2, 0.25) is 6.79 Å². The van der Waals surface area contributed by atoms with Crippen LogP contribution in [0.3, 0.4) is 0 Å². The maximum Gasteiger partial charge on any atom is 0.317 e. The van der Waals surface area contributed by atoms with Crippen molar-refractivity contribution in [3.05, 3.63) is 35.5 Å². The van der Waals surface area contributed by atoms with Crippen molar-refractivity contribution in [2.75, 3.05) is 26.4 Å². The SMILES string of the molecule is Cc1noc(COC2CN(C(=O)NCC(C)(C)c3ccc4c(c3)OCO4)C2)n1. The van der Waals surface area contributed by atoms with Gasteiger partial charge in [-0.2, -0.15) is 4.98 Å². The minimum atomic E-state index is -0.243. The molecular formula is C19H24N4O5. The number of ether oxygens (including phenoxy) is 3. The van der Waals surface area contributed by atoms with Crippen LogP contribution in [-0.4, -0.2) is 53.6 Å². The highest BCUT2D eigenvalue weighted by Crippen LogP contribution is 2.36. The predicted octanol–water partition coefficient (Wildman–Crippen LogP) is 1.99. The number of amides is 2. The zero-order chi connectivity index (χ0) is 19.7. The molecule has 1 N–H and O–H groups in total. The molecule has 0 aliphatic carbocycles. The predicted molar refractivity (Wildman–Crippen MR) is 98.2 cm³/mol. The number of hydrogen-bond acceptors (Lipinski definition) is 7. The number of benzene rings is 1. The van der Waals surface area contributed by atoms with Gasteiger partial charge in [-0.05, 0) is 24.6 Å². The average molecular weight is 388 g/mol. The zero-order valence-electron chi connectivity index (χ0n) is 16.2. The Hall–Kier alpha value is -2.81. The highest BCUT2D eigenvalue weighted by molar-refractivity contribution is 5.75. The summed E-state index contributed by atoms with van der Waals surface area (Å²) in [6.07, 6.45) is -0.0140. The quantitative estimate of drug-likeness (QED) is 0.808. The molecule has 1 aromatic carbocycles. The molecule has 0 spiro atoms. The summed E-state index contributed by atoms with van der Waals surface area (Å²) in [6, 6.07) is 5.79. The van der Waals surface area contributed by atoms with Gasteiger partial charge in [0, 0.05) is 12.0 Å². The van der Waals surface area contributed by atoms with Crippen LogP contribution >= 0.6 is 0 Å². The van der Waals surface area contributed by atoms with E-state index in [1.54, 1.807) is 11.8 Å². The summed E-state index contributed by atoms with van der Waals surface area (Å²) in [5.41, 5.74) is 0.837. The van der Waals surface area contributed by atoms with Gasteiger partial charge in [-0.1, -0.05) is 25.1 Å². The molecule has 1 fully saturated rings. The van der Waals surface area contributed by atoms with Crippen molar-refractivity contribution in [1.82, 2.24) is 20.4 Å². The largest absolute Gasteiger partial charge is 0.454 e. The van der Waals surface area contributed by atoms with Crippen molar-refractivity contribution in [2.24, 2.45) is 0 Å². The van der Waals surface area contributed by atoms with E-state index in [1.807, 2.05) is 18.2 Å². The van der Waals surface area contributed by atoms with Crippen molar-refractivity contribution >= 4 is 6.03 Å². The molecule has 0 atom stereocenters. The van der Waals surface area contributed by atoms with E-state index in [2.05, 4.69) is 29.3 Å². The van der Waals surface area contributed by atoms with Gasteiger partial charge in [0.05, 0.1) is 19.2 Å². The van der Waals surface area contributed by atoms with Gasteiger partial charge < -0.3 is 29.0 Å². The third-order valence-electron chi connectivity index (χ3n) is 4.98. The van der Waals surface area contributed by atoms with Crippen molar-refractivity contribution < 1.29 is 23.5 Å². The second kappa shape index (κ2) is 7.31. The van der Waals surface area contributed by atoms with E-state index in [4.69, 9.17) is 18.7 Å². The van der Waals surface area contributed by atoms with E-state index in [1.165, 1.54) is 0 Å². The van der Waals surface area contributed by atoms with E-state index < -0.39 is 0 Å². The van der Waals surface area contributed by atoms with Crippen LogP contribution in [0.2, 0.25) is 0 Å². The average Bonchev–Trinajstić information content (AvgIpc) is 3.26. The summed E-state index contributed by atoms with van der Waals surface area (Å²) in [4.78, 5) is 18.2. The number of fused-ring (bicyclic) bond motifs is 1. The number of likely N-dealkylation sites (tertiary alicyclic amines) is 1. The maximum atomic E-state index is 12.4. The minimum Gasteiger partial charge on any atom is -0.454 e. The van der Waals surface area contributed by atoms with Crippen LogP contribution in [0.25, 0.3) is 0 Å². The molecule has 2 aliphatic heterocycles. The molecule has 1 aromatic heterocycles. The molecular weight excluding hydrogens is 364 g/mol. The molecule has 0 unspecified atom stereocenters. The van der Waals surface area contributed by atoms with Gasteiger partial charge in [-0.25, -0.2) is 4.79 Å². The second-order valence-electron chi connectivity index (χ2n) is 7.68. The third kappa shape index (κ3) is 3.89. The Labute approximate surface area is 162 Å². The topological polar surface area (TPSA) is 99.0 Å².